The second-order valence-corrected chi connectivity index (χ2v) is 5.31. The lowest BCUT2D eigenvalue weighted by molar-refractivity contribution is 0.898. The standard InChI is InChI=1S/C12H12Cl2N4S/c1-2-15-11-16-10(14)17-12(18-11)19-7-8-5-3-4-6-9(8)13/h3-6H,2,7H2,1H3,(H,15,16,17,18). The highest BCUT2D eigenvalue weighted by molar-refractivity contribution is 7.98. The van der Waals surface area contributed by atoms with Crippen molar-refractivity contribution in [1.29, 1.82) is 0 Å². The number of benzene rings is 1. The Hall–Kier alpha value is -1.04. The van der Waals surface area contributed by atoms with E-state index in [1.807, 2.05) is 31.2 Å². The van der Waals surface area contributed by atoms with Crippen LogP contribution in [0.5, 0.6) is 0 Å². The normalized spacial score (nSPS) is 10.5. The van der Waals surface area contributed by atoms with Crippen LogP contribution in [0.25, 0.3) is 0 Å². The molecule has 2 rings (SSSR count). The SMILES string of the molecule is CCNc1nc(Cl)nc(SCc2ccccc2Cl)n1. The van der Waals surface area contributed by atoms with Gasteiger partial charge in [-0.3, -0.25) is 0 Å². The zero-order valence-corrected chi connectivity index (χ0v) is 12.6. The van der Waals surface area contributed by atoms with Crippen molar-refractivity contribution in [2.24, 2.45) is 0 Å². The molecule has 0 aliphatic heterocycles. The van der Waals surface area contributed by atoms with Gasteiger partial charge in [0.15, 0.2) is 5.16 Å². The summed E-state index contributed by atoms with van der Waals surface area (Å²) in [5.74, 6) is 1.18. The number of hydrogen-bond acceptors (Lipinski definition) is 5. The topological polar surface area (TPSA) is 50.7 Å². The largest absolute Gasteiger partial charge is 0.354 e. The van der Waals surface area contributed by atoms with Crippen molar-refractivity contribution in [3.8, 4) is 0 Å². The van der Waals surface area contributed by atoms with E-state index in [0.29, 0.717) is 16.9 Å². The monoisotopic (exact) mass is 314 g/mol. The summed E-state index contributed by atoms with van der Waals surface area (Å²) < 4.78 is 0. The van der Waals surface area contributed by atoms with Crippen molar-refractivity contribution in [2.75, 3.05) is 11.9 Å². The molecule has 7 heteroatoms. The van der Waals surface area contributed by atoms with Gasteiger partial charge in [-0.2, -0.15) is 15.0 Å². The molecule has 0 bridgehead atoms. The third kappa shape index (κ3) is 4.23. The average Bonchev–Trinajstić information content (AvgIpc) is 2.37. The van der Waals surface area contributed by atoms with Crippen LogP contribution in [0.3, 0.4) is 0 Å². The maximum absolute atomic E-state index is 6.10. The summed E-state index contributed by atoms with van der Waals surface area (Å²) in [6.07, 6.45) is 0. The van der Waals surface area contributed by atoms with Crippen LogP contribution in [-0.4, -0.2) is 21.5 Å². The molecule has 0 saturated carbocycles. The van der Waals surface area contributed by atoms with Crippen LogP contribution >= 0.6 is 35.0 Å². The van der Waals surface area contributed by atoms with Gasteiger partial charge < -0.3 is 5.32 Å². The predicted octanol–water partition coefficient (Wildman–Crippen LogP) is 3.90. The molecule has 0 radical (unpaired) electrons. The fourth-order valence-electron chi connectivity index (χ4n) is 1.39. The first kappa shape index (κ1) is 14.4. The zero-order valence-electron chi connectivity index (χ0n) is 10.2. The molecule has 2 aromatic rings. The van der Waals surface area contributed by atoms with Gasteiger partial charge in [-0.15, -0.1) is 0 Å². The van der Waals surface area contributed by atoms with E-state index in [1.165, 1.54) is 11.8 Å². The van der Waals surface area contributed by atoms with Crippen LogP contribution in [0.15, 0.2) is 29.4 Å². The van der Waals surface area contributed by atoms with Crippen LogP contribution in [0.4, 0.5) is 5.95 Å². The number of rotatable bonds is 5. The van der Waals surface area contributed by atoms with Gasteiger partial charge in [0.05, 0.1) is 0 Å². The molecule has 0 fully saturated rings. The van der Waals surface area contributed by atoms with Crippen LogP contribution in [-0.2, 0) is 5.75 Å². The number of nitrogens with one attached hydrogen (secondary N) is 1. The zero-order chi connectivity index (χ0) is 13.7. The number of aromatic nitrogens is 3. The van der Waals surface area contributed by atoms with Gasteiger partial charge in [0.1, 0.15) is 0 Å². The molecule has 0 aliphatic rings. The quantitative estimate of drug-likeness (QED) is 0.848. The Morgan fingerprint density at radius 1 is 1.16 bits per heavy atom. The molecule has 0 atom stereocenters. The lowest BCUT2D eigenvalue weighted by atomic mass is 10.2. The summed E-state index contributed by atoms with van der Waals surface area (Å²) >= 11 is 13.4. The maximum Gasteiger partial charge on any atom is 0.228 e. The van der Waals surface area contributed by atoms with Gasteiger partial charge in [-0.25, -0.2) is 0 Å². The highest BCUT2D eigenvalue weighted by atomic mass is 35.5. The molecular formula is C12H12Cl2N4S. The Kier molecular flexibility index (Phi) is 5.24. The lowest BCUT2D eigenvalue weighted by Gasteiger charge is -2.05. The van der Waals surface area contributed by atoms with E-state index in [-0.39, 0.29) is 5.28 Å². The molecule has 0 unspecified atom stereocenters. The van der Waals surface area contributed by atoms with E-state index in [1.54, 1.807) is 0 Å². The third-order valence-electron chi connectivity index (χ3n) is 2.24. The summed E-state index contributed by atoms with van der Waals surface area (Å²) in [4.78, 5) is 12.3. The van der Waals surface area contributed by atoms with Crippen molar-refractivity contribution < 1.29 is 0 Å². The van der Waals surface area contributed by atoms with Gasteiger partial charge in [0, 0.05) is 17.3 Å². The first-order valence-electron chi connectivity index (χ1n) is 5.70. The average molecular weight is 315 g/mol. The highest BCUT2D eigenvalue weighted by Crippen LogP contribution is 2.25. The Balaban J connectivity index is 2.09. The van der Waals surface area contributed by atoms with Crippen LogP contribution in [0.1, 0.15) is 12.5 Å². The third-order valence-corrected chi connectivity index (χ3v) is 3.67. The number of anilines is 1. The molecular weight excluding hydrogens is 303 g/mol. The number of hydrogen-bond donors (Lipinski definition) is 1. The number of thioether (sulfide) groups is 1. The highest BCUT2D eigenvalue weighted by Gasteiger charge is 2.06. The molecule has 0 amide bonds. The van der Waals surface area contributed by atoms with Crippen molar-refractivity contribution in [1.82, 2.24) is 15.0 Å². The van der Waals surface area contributed by atoms with Crippen LogP contribution < -0.4 is 5.32 Å². The molecule has 1 aromatic carbocycles. The molecule has 4 nitrogen and oxygen atoms in total. The van der Waals surface area contributed by atoms with Gasteiger partial charge in [0.25, 0.3) is 0 Å². The Labute approximate surface area is 126 Å². The van der Waals surface area contributed by atoms with Crippen molar-refractivity contribution in [3.05, 3.63) is 40.1 Å². The van der Waals surface area contributed by atoms with Crippen LogP contribution in [0, 0.1) is 0 Å². The van der Waals surface area contributed by atoms with Crippen LogP contribution in [0.2, 0.25) is 10.3 Å². The van der Waals surface area contributed by atoms with Crippen molar-refractivity contribution in [2.45, 2.75) is 17.8 Å². The maximum atomic E-state index is 6.10. The van der Waals surface area contributed by atoms with Crippen molar-refractivity contribution in [3.63, 3.8) is 0 Å². The molecule has 1 N–H and O–H groups in total. The molecule has 100 valence electrons. The van der Waals surface area contributed by atoms with Gasteiger partial charge in [0.2, 0.25) is 11.2 Å². The summed E-state index contributed by atoms with van der Waals surface area (Å²) in [5, 5.41) is 4.52. The minimum Gasteiger partial charge on any atom is -0.354 e. The Bertz CT molecular complexity index is 565. The molecule has 0 aliphatic carbocycles. The van der Waals surface area contributed by atoms with Gasteiger partial charge in [-0.05, 0) is 30.2 Å². The fourth-order valence-corrected chi connectivity index (χ4v) is 2.72. The summed E-state index contributed by atoms with van der Waals surface area (Å²) in [6, 6.07) is 7.69. The number of halogens is 2. The first-order chi connectivity index (χ1) is 9.19. The van der Waals surface area contributed by atoms with E-state index in [0.717, 1.165) is 17.1 Å². The summed E-state index contributed by atoms with van der Waals surface area (Å²) in [5.41, 5.74) is 1.04. The minimum atomic E-state index is 0.188. The molecule has 1 aromatic heterocycles. The van der Waals surface area contributed by atoms with E-state index in [2.05, 4.69) is 20.3 Å². The van der Waals surface area contributed by atoms with E-state index in [9.17, 15) is 0 Å². The van der Waals surface area contributed by atoms with Crippen molar-refractivity contribution >= 4 is 40.9 Å². The first-order valence-corrected chi connectivity index (χ1v) is 7.45. The summed E-state index contributed by atoms with van der Waals surface area (Å²) in [7, 11) is 0. The van der Waals surface area contributed by atoms with E-state index < -0.39 is 0 Å². The predicted molar refractivity (Wildman–Crippen MR) is 80.0 cm³/mol. The molecule has 0 spiro atoms. The van der Waals surface area contributed by atoms with E-state index >= 15 is 0 Å². The lowest BCUT2D eigenvalue weighted by Crippen LogP contribution is -2.04. The van der Waals surface area contributed by atoms with Gasteiger partial charge >= 0.3 is 0 Å². The van der Waals surface area contributed by atoms with E-state index in [4.69, 9.17) is 23.2 Å². The van der Waals surface area contributed by atoms with Gasteiger partial charge in [-0.1, -0.05) is 41.6 Å². The second kappa shape index (κ2) is 6.93. The Morgan fingerprint density at radius 3 is 2.68 bits per heavy atom. The fraction of sp³-hybridized carbons (Fsp3) is 0.250. The number of nitrogens with zero attached hydrogens (tertiary/aromatic N) is 3. The molecule has 19 heavy (non-hydrogen) atoms. The smallest absolute Gasteiger partial charge is 0.228 e. The second-order valence-electron chi connectivity index (χ2n) is 3.62. The molecule has 1 heterocycles. The summed E-state index contributed by atoms with van der Waals surface area (Å²) in [6.45, 7) is 2.70. The Morgan fingerprint density at radius 2 is 1.95 bits per heavy atom. The molecule has 0 saturated heterocycles. The minimum absolute atomic E-state index is 0.188.